The highest BCUT2D eigenvalue weighted by Crippen LogP contribution is 2.17. The van der Waals surface area contributed by atoms with Crippen LogP contribution in [0.2, 0.25) is 0 Å². The van der Waals surface area contributed by atoms with Crippen molar-refractivity contribution in [3.63, 3.8) is 0 Å². The predicted molar refractivity (Wildman–Crippen MR) is 75.8 cm³/mol. The van der Waals surface area contributed by atoms with Crippen molar-refractivity contribution in [2.75, 3.05) is 13.1 Å². The van der Waals surface area contributed by atoms with Gasteiger partial charge in [0.25, 0.3) is 0 Å². The molecule has 1 aliphatic rings. The molecule has 1 heterocycles. The first-order chi connectivity index (χ1) is 8.49. The molecular weight excluding hydrogens is 268 g/mol. The fraction of sp³-hybridized carbons (Fsp3) is 0.417. The summed E-state index contributed by atoms with van der Waals surface area (Å²) in [5.74, 6) is 0.0173. The molecular formula is C12H16N2O2S2. The molecule has 1 aromatic carbocycles. The van der Waals surface area contributed by atoms with Crippen molar-refractivity contribution >= 4 is 27.2 Å². The fourth-order valence-electron chi connectivity index (χ4n) is 2.08. The lowest BCUT2D eigenvalue weighted by Crippen LogP contribution is -2.29. The van der Waals surface area contributed by atoms with Crippen molar-refractivity contribution in [1.29, 1.82) is 0 Å². The van der Waals surface area contributed by atoms with Gasteiger partial charge in [-0.15, -0.1) is 0 Å². The molecule has 6 heteroatoms. The van der Waals surface area contributed by atoms with Gasteiger partial charge in [-0.2, -0.15) is 0 Å². The van der Waals surface area contributed by atoms with Crippen LogP contribution in [0.1, 0.15) is 24.0 Å². The molecule has 1 fully saturated rings. The molecule has 0 aliphatic carbocycles. The van der Waals surface area contributed by atoms with Crippen molar-refractivity contribution in [3.05, 3.63) is 35.4 Å². The molecule has 2 N–H and O–H groups in total. The molecule has 1 aliphatic heterocycles. The third-order valence-corrected chi connectivity index (χ3v) is 5.10. The van der Waals surface area contributed by atoms with Gasteiger partial charge in [0.15, 0.2) is 0 Å². The van der Waals surface area contributed by atoms with Crippen molar-refractivity contribution in [1.82, 2.24) is 4.31 Å². The molecule has 98 valence electrons. The van der Waals surface area contributed by atoms with Gasteiger partial charge in [-0.1, -0.05) is 30.4 Å². The van der Waals surface area contributed by atoms with E-state index >= 15 is 0 Å². The minimum Gasteiger partial charge on any atom is -0.389 e. The summed E-state index contributed by atoms with van der Waals surface area (Å²) in [6, 6.07) is 7.10. The molecule has 0 spiro atoms. The maximum Gasteiger partial charge on any atom is 0.218 e. The maximum atomic E-state index is 12.1. The molecule has 18 heavy (non-hydrogen) atoms. The Labute approximate surface area is 113 Å². The number of hydrogen-bond acceptors (Lipinski definition) is 3. The summed E-state index contributed by atoms with van der Waals surface area (Å²) in [6.45, 7) is 1.27. The van der Waals surface area contributed by atoms with Crippen molar-refractivity contribution in [2.45, 2.75) is 18.6 Å². The number of rotatable bonds is 4. The summed E-state index contributed by atoms with van der Waals surface area (Å²) in [4.78, 5) is 0.287. The maximum absolute atomic E-state index is 12.1. The topological polar surface area (TPSA) is 63.4 Å². The second-order valence-electron chi connectivity index (χ2n) is 4.43. The van der Waals surface area contributed by atoms with E-state index in [1.807, 2.05) is 0 Å². The summed E-state index contributed by atoms with van der Waals surface area (Å²) < 4.78 is 25.8. The largest absolute Gasteiger partial charge is 0.389 e. The van der Waals surface area contributed by atoms with E-state index < -0.39 is 10.0 Å². The number of sulfonamides is 1. The Morgan fingerprint density at radius 1 is 1.33 bits per heavy atom. The summed E-state index contributed by atoms with van der Waals surface area (Å²) in [6.07, 6.45) is 1.90. The Hall–Kier alpha value is -0.980. The first-order valence-corrected chi connectivity index (χ1v) is 7.87. The molecule has 4 nitrogen and oxygen atoms in total. The third-order valence-electron chi connectivity index (χ3n) is 3.02. The minimum absolute atomic E-state index is 0.0173. The van der Waals surface area contributed by atoms with E-state index in [2.05, 4.69) is 0 Å². The van der Waals surface area contributed by atoms with Crippen molar-refractivity contribution in [3.8, 4) is 0 Å². The van der Waals surface area contributed by atoms with Crippen LogP contribution < -0.4 is 5.73 Å². The van der Waals surface area contributed by atoms with E-state index in [1.54, 1.807) is 28.6 Å². The van der Waals surface area contributed by atoms with E-state index in [0.717, 1.165) is 18.4 Å². The zero-order chi connectivity index (χ0) is 13.2. The Balaban J connectivity index is 2.18. The highest BCUT2D eigenvalue weighted by Gasteiger charge is 2.25. The Morgan fingerprint density at radius 2 is 2.00 bits per heavy atom. The average Bonchev–Trinajstić information content (AvgIpc) is 2.82. The molecule has 2 rings (SSSR count). The fourth-order valence-corrected chi connectivity index (χ4v) is 3.81. The van der Waals surface area contributed by atoms with Gasteiger partial charge < -0.3 is 5.73 Å². The normalized spacial score (nSPS) is 16.9. The first kappa shape index (κ1) is 13.5. The lowest BCUT2D eigenvalue weighted by atomic mass is 10.1. The van der Waals surface area contributed by atoms with Crippen LogP contribution in [0.5, 0.6) is 0 Å². The lowest BCUT2D eigenvalue weighted by molar-refractivity contribution is 0.476. The molecule has 0 saturated carbocycles. The van der Waals surface area contributed by atoms with Gasteiger partial charge in [0.2, 0.25) is 10.0 Å². The lowest BCUT2D eigenvalue weighted by Gasteiger charge is -2.15. The van der Waals surface area contributed by atoms with E-state index in [-0.39, 0.29) is 10.7 Å². The first-order valence-electron chi connectivity index (χ1n) is 5.85. The predicted octanol–water partition coefficient (Wildman–Crippen LogP) is 1.25. The summed E-state index contributed by atoms with van der Waals surface area (Å²) in [5, 5.41) is 0. The van der Waals surface area contributed by atoms with E-state index in [4.69, 9.17) is 18.0 Å². The third kappa shape index (κ3) is 3.07. The highest BCUT2D eigenvalue weighted by molar-refractivity contribution is 7.88. The monoisotopic (exact) mass is 284 g/mol. The zero-order valence-electron chi connectivity index (χ0n) is 10.0. The van der Waals surface area contributed by atoms with Crippen LogP contribution in [0.4, 0.5) is 0 Å². The number of nitrogens with zero attached hydrogens (tertiary/aromatic N) is 1. The van der Waals surface area contributed by atoms with Crippen LogP contribution in [0.25, 0.3) is 0 Å². The van der Waals surface area contributed by atoms with Crippen LogP contribution in [-0.4, -0.2) is 30.8 Å². The number of hydrogen-bond donors (Lipinski definition) is 1. The Morgan fingerprint density at radius 3 is 2.61 bits per heavy atom. The van der Waals surface area contributed by atoms with Crippen molar-refractivity contribution in [2.24, 2.45) is 5.73 Å². The number of benzene rings is 1. The van der Waals surface area contributed by atoms with Crippen LogP contribution in [0.3, 0.4) is 0 Å². The Kier molecular flexibility index (Phi) is 3.99. The molecule has 0 radical (unpaired) electrons. The second kappa shape index (κ2) is 5.34. The van der Waals surface area contributed by atoms with Gasteiger partial charge in [0.1, 0.15) is 4.99 Å². The minimum atomic E-state index is -3.21. The molecule has 0 aromatic heterocycles. The van der Waals surface area contributed by atoms with Gasteiger partial charge in [-0.05, 0) is 24.5 Å². The summed E-state index contributed by atoms with van der Waals surface area (Å²) in [7, 11) is -3.21. The molecule has 0 unspecified atom stereocenters. The van der Waals surface area contributed by atoms with Gasteiger partial charge >= 0.3 is 0 Å². The van der Waals surface area contributed by atoms with Crippen LogP contribution >= 0.6 is 12.2 Å². The van der Waals surface area contributed by atoms with Crippen LogP contribution in [0.15, 0.2) is 24.3 Å². The summed E-state index contributed by atoms with van der Waals surface area (Å²) >= 11 is 4.89. The second-order valence-corrected chi connectivity index (χ2v) is 6.84. The van der Waals surface area contributed by atoms with Gasteiger partial charge in [-0.25, -0.2) is 12.7 Å². The van der Waals surface area contributed by atoms with Crippen LogP contribution in [-0.2, 0) is 15.8 Å². The molecule has 0 atom stereocenters. The Bertz CT molecular complexity index is 549. The number of thiocarbonyl (C=S) groups is 1. The number of nitrogens with two attached hydrogens (primary N) is 1. The van der Waals surface area contributed by atoms with Gasteiger partial charge in [0.05, 0.1) is 5.75 Å². The van der Waals surface area contributed by atoms with E-state index in [9.17, 15) is 8.42 Å². The highest BCUT2D eigenvalue weighted by atomic mass is 32.2. The van der Waals surface area contributed by atoms with Crippen molar-refractivity contribution < 1.29 is 8.42 Å². The smallest absolute Gasteiger partial charge is 0.218 e. The van der Waals surface area contributed by atoms with E-state index in [0.29, 0.717) is 18.7 Å². The molecule has 0 bridgehead atoms. The SMILES string of the molecule is NC(=S)c1cccc(CS(=O)(=O)N2CCCC2)c1. The summed E-state index contributed by atoms with van der Waals surface area (Å²) in [5.41, 5.74) is 6.98. The molecule has 1 saturated heterocycles. The standard InChI is InChI=1S/C12H16N2O2S2/c13-12(17)11-5-3-4-10(8-11)9-18(15,16)14-6-1-2-7-14/h3-5,8H,1-2,6-7,9H2,(H2,13,17). The van der Waals surface area contributed by atoms with Crippen LogP contribution in [0, 0.1) is 0 Å². The quantitative estimate of drug-likeness (QED) is 0.845. The van der Waals surface area contributed by atoms with Gasteiger partial charge in [0, 0.05) is 18.7 Å². The molecule has 0 amide bonds. The average molecular weight is 284 g/mol. The molecule has 1 aromatic rings. The van der Waals surface area contributed by atoms with Gasteiger partial charge in [-0.3, -0.25) is 0 Å². The van der Waals surface area contributed by atoms with E-state index in [1.165, 1.54) is 0 Å². The zero-order valence-corrected chi connectivity index (χ0v) is 11.6.